The first-order chi connectivity index (χ1) is 5.65. The molecule has 0 fully saturated rings. The summed E-state index contributed by atoms with van der Waals surface area (Å²) in [6.45, 7) is 1.63. The van der Waals surface area contributed by atoms with E-state index in [0.717, 1.165) is 0 Å². The Kier molecular flexibility index (Phi) is 2.23. The quantitative estimate of drug-likeness (QED) is 0.695. The van der Waals surface area contributed by atoms with Gasteiger partial charge in [0.15, 0.2) is 5.69 Å². The monoisotopic (exact) mass is 168 g/mol. The number of aromatic nitrogens is 2. The lowest BCUT2D eigenvalue weighted by Gasteiger charge is -2.00. The fourth-order valence-electron chi connectivity index (χ4n) is 0.741. The number of rotatable bonds is 2. The zero-order chi connectivity index (χ0) is 9.14. The maximum absolute atomic E-state index is 10.5. The van der Waals surface area contributed by atoms with Gasteiger partial charge in [0.05, 0.1) is 7.11 Å². The van der Waals surface area contributed by atoms with Gasteiger partial charge >= 0.3 is 12.0 Å². The van der Waals surface area contributed by atoms with Crippen LogP contribution in [0, 0.1) is 6.92 Å². The first kappa shape index (κ1) is 8.45. The summed E-state index contributed by atoms with van der Waals surface area (Å²) in [5, 5.41) is 8.64. The second kappa shape index (κ2) is 3.17. The highest BCUT2D eigenvalue weighted by Gasteiger charge is 2.10. The SMILES string of the molecule is COc1ncc(C)c(C(=O)O)n1. The lowest BCUT2D eigenvalue weighted by atomic mass is 10.2. The van der Waals surface area contributed by atoms with Crippen LogP contribution in [-0.4, -0.2) is 28.2 Å². The summed E-state index contributed by atoms with van der Waals surface area (Å²) >= 11 is 0. The summed E-state index contributed by atoms with van der Waals surface area (Å²) in [6.07, 6.45) is 1.41. The molecule has 0 amide bonds. The Bertz CT molecular complexity index is 312. The van der Waals surface area contributed by atoms with Crippen LogP contribution in [0.2, 0.25) is 0 Å². The lowest BCUT2D eigenvalue weighted by molar-refractivity contribution is 0.0688. The van der Waals surface area contributed by atoms with E-state index in [0.29, 0.717) is 5.56 Å². The summed E-state index contributed by atoms with van der Waals surface area (Å²) in [4.78, 5) is 17.9. The van der Waals surface area contributed by atoms with Crippen LogP contribution in [0.15, 0.2) is 6.20 Å². The third-order valence-electron chi connectivity index (χ3n) is 1.33. The molecule has 0 aliphatic heterocycles. The van der Waals surface area contributed by atoms with E-state index in [9.17, 15) is 4.79 Å². The molecule has 1 heterocycles. The summed E-state index contributed by atoms with van der Waals surface area (Å²) in [5.41, 5.74) is 0.491. The smallest absolute Gasteiger partial charge is 0.355 e. The van der Waals surface area contributed by atoms with Crippen LogP contribution >= 0.6 is 0 Å². The van der Waals surface area contributed by atoms with E-state index in [1.807, 2.05) is 0 Å². The summed E-state index contributed by atoms with van der Waals surface area (Å²) in [6, 6.07) is 0.0676. The van der Waals surface area contributed by atoms with Crippen molar-refractivity contribution >= 4 is 5.97 Å². The number of carboxylic acids is 1. The number of ether oxygens (including phenoxy) is 1. The molecule has 0 unspecified atom stereocenters. The van der Waals surface area contributed by atoms with Gasteiger partial charge in [-0.3, -0.25) is 0 Å². The number of methoxy groups -OCH3 is 1. The fourth-order valence-corrected chi connectivity index (χ4v) is 0.741. The summed E-state index contributed by atoms with van der Waals surface area (Å²) < 4.78 is 4.67. The molecule has 0 aliphatic carbocycles. The van der Waals surface area contributed by atoms with Crippen LogP contribution in [-0.2, 0) is 0 Å². The van der Waals surface area contributed by atoms with Crippen molar-refractivity contribution in [3.05, 3.63) is 17.5 Å². The average Bonchev–Trinajstić information content (AvgIpc) is 2.05. The largest absolute Gasteiger partial charge is 0.476 e. The molecule has 0 saturated heterocycles. The van der Waals surface area contributed by atoms with Gasteiger partial charge in [-0.15, -0.1) is 0 Å². The highest BCUT2D eigenvalue weighted by molar-refractivity contribution is 5.86. The first-order valence-electron chi connectivity index (χ1n) is 3.26. The topological polar surface area (TPSA) is 72.3 Å². The van der Waals surface area contributed by atoms with E-state index in [1.165, 1.54) is 13.3 Å². The standard InChI is InChI=1S/C7H8N2O3/c1-4-3-8-7(12-2)9-5(4)6(10)11/h3H,1-2H3,(H,10,11). The van der Waals surface area contributed by atoms with Gasteiger partial charge in [-0.05, 0) is 6.92 Å². The van der Waals surface area contributed by atoms with Crippen molar-refractivity contribution in [3.8, 4) is 6.01 Å². The van der Waals surface area contributed by atoms with E-state index >= 15 is 0 Å². The van der Waals surface area contributed by atoms with E-state index in [1.54, 1.807) is 6.92 Å². The van der Waals surface area contributed by atoms with Gasteiger partial charge in [-0.1, -0.05) is 0 Å². The van der Waals surface area contributed by atoms with Crippen molar-refractivity contribution in [2.24, 2.45) is 0 Å². The van der Waals surface area contributed by atoms with E-state index in [-0.39, 0.29) is 11.7 Å². The van der Waals surface area contributed by atoms with Crippen molar-refractivity contribution in [2.75, 3.05) is 7.11 Å². The number of aryl methyl sites for hydroxylation is 1. The zero-order valence-corrected chi connectivity index (χ0v) is 6.74. The van der Waals surface area contributed by atoms with Gasteiger partial charge in [0, 0.05) is 11.8 Å². The molecule has 0 aromatic carbocycles. The Morgan fingerprint density at radius 2 is 2.33 bits per heavy atom. The molecule has 5 heteroatoms. The van der Waals surface area contributed by atoms with Gasteiger partial charge < -0.3 is 9.84 Å². The van der Waals surface area contributed by atoms with Crippen molar-refractivity contribution in [1.29, 1.82) is 0 Å². The predicted octanol–water partition coefficient (Wildman–Crippen LogP) is 0.492. The minimum absolute atomic E-state index is 0.0261. The molecule has 5 nitrogen and oxygen atoms in total. The van der Waals surface area contributed by atoms with Crippen molar-refractivity contribution in [2.45, 2.75) is 6.92 Å². The van der Waals surface area contributed by atoms with Crippen LogP contribution < -0.4 is 4.74 Å². The highest BCUT2D eigenvalue weighted by Crippen LogP contribution is 2.07. The van der Waals surface area contributed by atoms with Crippen LogP contribution in [0.1, 0.15) is 16.1 Å². The number of aromatic carboxylic acids is 1. The Morgan fingerprint density at radius 3 is 2.83 bits per heavy atom. The normalized spacial score (nSPS) is 9.50. The third-order valence-corrected chi connectivity index (χ3v) is 1.33. The van der Waals surface area contributed by atoms with Crippen molar-refractivity contribution in [1.82, 2.24) is 9.97 Å². The molecule has 12 heavy (non-hydrogen) atoms. The van der Waals surface area contributed by atoms with Crippen molar-refractivity contribution in [3.63, 3.8) is 0 Å². The second-order valence-electron chi connectivity index (χ2n) is 2.19. The number of hydrogen-bond acceptors (Lipinski definition) is 4. The van der Waals surface area contributed by atoms with Crippen LogP contribution in [0.25, 0.3) is 0 Å². The molecule has 1 N–H and O–H groups in total. The molecule has 0 saturated carbocycles. The van der Waals surface area contributed by atoms with Gasteiger partial charge in [-0.2, -0.15) is 4.98 Å². The zero-order valence-electron chi connectivity index (χ0n) is 6.74. The van der Waals surface area contributed by atoms with E-state index < -0.39 is 5.97 Å². The van der Waals surface area contributed by atoms with E-state index in [2.05, 4.69) is 14.7 Å². The van der Waals surface area contributed by atoms with E-state index in [4.69, 9.17) is 5.11 Å². The Labute approximate surface area is 69.0 Å². The molecular formula is C7H8N2O3. The maximum Gasteiger partial charge on any atom is 0.355 e. The number of nitrogens with zero attached hydrogens (tertiary/aromatic N) is 2. The summed E-state index contributed by atoms with van der Waals surface area (Å²) in [5.74, 6) is -1.08. The minimum Gasteiger partial charge on any atom is -0.476 e. The first-order valence-corrected chi connectivity index (χ1v) is 3.26. The van der Waals surface area contributed by atoms with Crippen LogP contribution in [0.4, 0.5) is 0 Å². The van der Waals surface area contributed by atoms with Crippen LogP contribution in [0.3, 0.4) is 0 Å². The summed E-state index contributed by atoms with van der Waals surface area (Å²) in [7, 11) is 1.39. The molecule has 1 aromatic rings. The number of carboxylic acid groups (broad SMARTS) is 1. The number of carbonyl (C=O) groups is 1. The van der Waals surface area contributed by atoms with Gasteiger partial charge in [-0.25, -0.2) is 9.78 Å². The van der Waals surface area contributed by atoms with Gasteiger partial charge in [0.2, 0.25) is 0 Å². The van der Waals surface area contributed by atoms with Gasteiger partial charge in [0.1, 0.15) is 0 Å². The number of hydrogen-bond donors (Lipinski definition) is 1. The fraction of sp³-hybridized carbons (Fsp3) is 0.286. The second-order valence-corrected chi connectivity index (χ2v) is 2.19. The van der Waals surface area contributed by atoms with Crippen molar-refractivity contribution < 1.29 is 14.6 Å². The van der Waals surface area contributed by atoms with Crippen LogP contribution in [0.5, 0.6) is 6.01 Å². The average molecular weight is 168 g/mol. The Balaban J connectivity index is 3.17. The maximum atomic E-state index is 10.5. The molecule has 0 atom stereocenters. The molecule has 0 spiro atoms. The Morgan fingerprint density at radius 1 is 1.67 bits per heavy atom. The lowest BCUT2D eigenvalue weighted by Crippen LogP contribution is -2.05. The molecule has 0 aliphatic rings. The molecule has 64 valence electrons. The molecule has 1 rings (SSSR count). The minimum atomic E-state index is -1.08. The molecule has 1 aromatic heterocycles. The van der Waals surface area contributed by atoms with Gasteiger partial charge in [0.25, 0.3) is 0 Å². The highest BCUT2D eigenvalue weighted by atomic mass is 16.5. The molecule has 0 radical (unpaired) electrons. The Hall–Kier alpha value is -1.65. The molecule has 0 bridgehead atoms. The predicted molar refractivity (Wildman–Crippen MR) is 40.3 cm³/mol. The molecular weight excluding hydrogens is 160 g/mol. The third kappa shape index (κ3) is 1.50.